The first kappa shape index (κ1) is 18.2. The SMILES string of the molecule is O=C(CSc1nc2ccccc2o1)NCC#CCOc1ccccc1Cl. The van der Waals surface area contributed by atoms with E-state index in [2.05, 4.69) is 22.1 Å². The summed E-state index contributed by atoms with van der Waals surface area (Å²) in [6.45, 7) is 0.454. The van der Waals surface area contributed by atoms with Gasteiger partial charge in [-0.25, -0.2) is 4.98 Å². The van der Waals surface area contributed by atoms with Gasteiger partial charge in [-0.3, -0.25) is 4.79 Å². The first-order chi connectivity index (χ1) is 12.7. The molecule has 0 spiro atoms. The average Bonchev–Trinajstić information content (AvgIpc) is 3.07. The van der Waals surface area contributed by atoms with Gasteiger partial charge in [0.1, 0.15) is 17.9 Å². The van der Waals surface area contributed by atoms with E-state index in [1.807, 2.05) is 36.4 Å². The minimum atomic E-state index is -0.140. The van der Waals surface area contributed by atoms with Gasteiger partial charge in [0, 0.05) is 0 Å². The number of halogens is 1. The molecule has 3 rings (SSSR count). The highest BCUT2D eigenvalue weighted by Gasteiger charge is 2.08. The topological polar surface area (TPSA) is 64.4 Å². The van der Waals surface area contributed by atoms with E-state index in [1.54, 1.807) is 12.1 Å². The van der Waals surface area contributed by atoms with Crippen LogP contribution in [-0.4, -0.2) is 29.8 Å². The van der Waals surface area contributed by atoms with Gasteiger partial charge in [0.2, 0.25) is 5.91 Å². The lowest BCUT2D eigenvalue weighted by molar-refractivity contribution is -0.118. The van der Waals surface area contributed by atoms with Crippen LogP contribution < -0.4 is 10.1 Å². The third-order valence-electron chi connectivity index (χ3n) is 3.24. The third kappa shape index (κ3) is 5.19. The predicted octanol–water partition coefficient (Wildman–Crippen LogP) is 3.77. The van der Waals surface area contributed by atoms with E-state index >= 15 is 0 Å². The largest absolute Gasteiger partial charge is 0.479 e. The molecule has 26 heavy (non-hydrogen) atoms. The van der Waals surface area contributed by atoms with E-state index in [-0.39, 0.29) is 24.8 Å². The molecule has 1 amide bonds. The first-order valence-electron chi connectivity index (χ1n) is 7.80. The van der Waals surface area contributed by atoms with Crippen molar-refractivity contribution in [3.8, 4) is 17.6 Å². The Bertz CT molecular complexity index is 929. The maximum absolute atomic E-state index is 11.8. The van der Waals surface area contributed by atoms with Gasteiger partial charge in [0.25, 0.3) is 5.22 Å². The van der Waals surface area contributed by atoms with Gasteiger partial charge in [-0.15, -0.1) is 0 Å². The molecule has 1 heterocycles. The first-order valence-corrected chi connectivity index (χ1v) is 9.17. The molecule has 5 nitrogen and oxygen atoms in total. The number of benzene rings is 2. The van der Waals surface area contributed by atoms with Gasteiger partial charge in [0.15, 0.2) is 5.58 Å². The Morgan fingerprint density at radius 1 is 1.19 bits per heavy atom. The highest BCUT2D eigenvalue weighted by Crippen LogP contribution is 2.23. The number of rotatable bonds is 6. The van der Waals surface area contributed by atoms with E-state index in [4.69, 9.17) is 20.8 Å². The van der Waals surface area contributed by atoms with Crippen LogP contribution in [0.1, 0.15) is 0 Å². The second-order valence-corrected chi connectivity index (χ2v) is 6.42. The Morgan fingerprint density at radius 3 is 2.85 bits per heavy atom. The number of carbonyl (C=O) groups is 1. The molecule has 0 fully saturated rings. The Hall–Kier alpha value is -2.62. The lowest BCUT2D eigenvalue weighted by Gasteiger charge is -2.03. The monoisotopic (exact) mass is 386 g/mol. The summed E-state index contributed by atoms with van der Waals surface area (Å²) < 4.78 is 11.0. The summed E-state index contributed by atoms with van der Waals surface area (Å²) in [6, 6.07) is 14.7. The second kappa shape index (κ2) is 9.18. The predicted molar refractivity (Wildman–Crippen MR) is 102 cm³/mol. The van der Waals surface area contributed by atoms with Gasteiger partial charge in [0.05, 0.1) is 17.3 Å². The molecular weight excluding hydrogens is 372 g/mol. The fourth-order valence-electron chi connectivity index (χ4n) is 2.02. The number of carbonyl (C=O) groups excluding carboxylic acids is 1. The summed E-state index contributed by atoms with van der Waals surface area (Å²) >= 11 is 7.22. The molecule has 0 aliphatic rings. The van der Waals surface area contributed by atoms with Gasteiger partial charge < -0.3 is 14.5 Å². The lowest BCUT2D eigenvalue weighted by Crippen LogP contribution is -2.25. The zero-order valence-corrected chi connectivity index (χ0v) is 15.3. The number of nitrogens with zero attached hydrogens (tertiary/aromatic N) is 1. The molecule has 3 aromatic rings. The van der Waals surface area contributed by atoms with Crippen molar-refractivity contribution in [1.82, 2.24) is 10.3 Å². The molecule has 0 unspecified atom stereocenters. The number of ether oxygens (including phenoxy) is 1. The van der Waals surface area contributed by atoms with Crippen molar-refractivity contribution < 1.29 is 13.9 Å². The molecule has 0 aliphatic carbocycles. The van der Waals surface area contributed by atoms with Gasteiger partial charge in [-0.05, 0) is 24.3 Å². The van der Waals surface area contributed by atoms with E-state index < -0.39 is 0 Å². The quantitative estimate of drug-likeness (QED) is 0.516. The smallest absolute Gasteiger partial charge is 0.257 e. The van der Waals surface area contributed by atoms with Crippen molar-refractivity contribution in [3.63, 3.8) is 0 Å². The Balaban J connectivity index is 1.36. The van der Waals surface area contributed by atoms with Crippen molar-refractivity contribution in [2.45, 2.75) is 5.22 Å². The number of hydrogen-bond acceptors (Lipinski definition) is 5. The van der Waals surface area contributed by atoms with E-state index in [0.717, 1.165) is 5.52 Å². The molecule has 0 atom stereocenters. The molecule has 132 valence electrons. The lowest BCUT2D eigenvalue weighted by atomic mass is 10.3. The highest BCUT2D eigenvalue weighted by atomic mass is 35.5. The number of fused-ring (bicyclic) bond motifs is 1. The van der Waals surface area contributed by atoms with E-state index in [0.29, 0.717) is 21.6 Å². The number of oxazole rings is 1. The molecule has 1 aromatic heterocycles. The zero-order chi connectivity index (χ0) is 18.2. The maximum Gasteiger partial charge on any atom is 0.257 e. The maximum atomic E-state index is 11.8. The van der Waals surface area contributed by atoms with Crippen molar-refractivity contribution in [1.29, 1.82) is 0 Å². The van der Waals surface area contributed by atoms with Gasteiger partial charge in [-0.2, -0.15) is 0 Å². The number of aromatic nitrogens is 1. The number of nitrogens with one attached hydrogen (secondary N) is 1. The minimum Gasteiger partial charge on any atom is -0.479 e. The molecule has 0 saturated carbocycles. The fourth-order valence-corrected chi connectivity index (χ4v) is 2.88. The zero-order valence-electron chi connectivity index (χ0n) is 13.7. The number of amides is 1. The van der Waals surface area contributed by atoms with E-state index in [1.165, 1.54) is 11.8 Å². The summed E-state index contributed by atoms with van der Waals surface area (Å²) in [4.78, 5) is 16.1. The van der Waals surface area contributed by atoms with Crippen LogP contribution in [-0.2, 0) is 4.79 Å². The van der Waals surface area contributed by atoms with E-state index in [9.17, 15) is 4.79 Å². The Kier molecular flexibility index (Phi) is 6.42. The normalized spacial score (nSPS) is 10.2. The summed E-state index contributed by atoms with van der Waals surface area (Å²) in [6.07, 6.45) is 0. The van der Waals surface area contributed by atoms with Crippen molar-refractivity contribution in [2.24, 2.45) is 0 Å². The van der Waals surface area contributed by atoms with Crippen LogP contribution in [0.15, 0.2) is 58.2 Å². The van der Waals surface area contributed by atoms with Gasteiger partial charge >= 0.3 is 0 Å². The van der Waals surface area contributed by atoms with Gasteiger partial charge in [-0.1, -0.05) is 59.5 Å². The molecule has 0 radical (unpaired) electrons. The van der Waals surface area contributed by atoms with Crippen LogP contribution in [0.3, 0.4) is 0 Å². The second-order valence-electron chi connectivity index (χ2n) is 5.09. The van der Waals surface area contributed by atoms with Crippen LogP contribution in [0.5, 0.6) is 5.75 Å². The van der Waals surface area contributed by atoms with Crippen molar-refractivity contribution in [3.05, 3.63) is 53.6 Å². The standard InChI is InChI=1S/C19H15ClN2O3S/c20-14-7-1-3-9-16(14)24-12-6-5-11-21-18(23)13-26-19-22-15-8-2-4-10-17(15)25-19/h1-4,7-10H,11-13H2,(H,21,23). The molecule has 7 heteroatoms. The number of thioether (sulfide) groups is 1. The fraction of sp³-hybridized carbons (Fsp3) is 0.158. The average molecular weight is 387 g/mol. The number of hydrogen-bond donors (Lipinski definition) is 1. The van der Waals surface area contributed by atoms with Crippen molar-refractivity contribution >= 4 is 40.4 Å². The highest BCUT2D eigenvalue weighted by molar-refractivity contribution is 7.99. The van der Waals surface area contributed by atoms with Crippen LogP contribution in [0, 0.1) is 11.8 Å². The minimum absolute atomic E-state index is 0.140. The summed E-state index contributed by atoms with van der Waals surface area (Å²) in [5.41, 5.74) is 1.49. The molecule has 0 saturated heterocycles. The summed E-state index contributed by atoms with van der Waals surface area (Å²) in [5, 5.41) is 3.73. The van der Waals surface area contributed by atoms with Crippen LogP contribution >= 0.6 is 23.4 Å². The molecule has 0 aliphatic heterocycles. The summed E-state index contributed by atoms with van der Waals surface area (Å²) in [5.74, 6) is 6.31. The van der Waals surface area contributed by atoms with Crippen LogP contribution in [0.4, 0.5) is 0 Å². The molecule has 2 aromatic carbocycles. The molecule has 1 N–H and O–H groups in total. The van der Waals surface area contributed by atoms with Crippen molar-refractivity contribution in [2.75, 3.05) is 18.9 Å². The Morgan fingerprint density at radius 2 is 2.00 bits per heavy atom. The summed E-state index contributed by atoms with van der Waals surface area (Å²) in [7, 11) is 0. The van der Waals surface area contributed by atoms with Crippen LogP contribution in [0.2, 0.25) is 5.02 Å². The molecule has 0 bridgehead atoms. The molecular formula is C19H15ClN2O3S. The third-order valence-corrected chi connectivity index (χ3v) is 4.38. The Labute approximate surface area is 160 Å². The van der Waals surface area contributed by atoms with Crippen LogP contribution in [0.25, 0.3) is 11.1 Å². The number of para-hydroxylation sites is 3.